The maximum atomic E-state index is 12.3. The monoisotopic (exact) mass is 418 g/mol. The molecule has 6 nitrogen and oxygen atoms in total. The van der Waals surface area contributed by atoms with E-state index in [-0.39, 0.29) is 5.56 Å². The summed E-state index contributed by atoms with van der Waals surface area (Å²) >= 11 is 7.33. The third kappa shape index (κ3) is 4.29. The van der Waals surface area contributed by atoms with Gasteiger partial charge in [-0.05, 0) is 48.9 Å². The van der Waals surface area contributed by atoms with Crippen molar-refractivity contribution in [1.29, 1.82) is 5.26 Å². The number of fused-ring (bicyclic) bond motifs is 1. The first-order valence-corrected chi connectivity index (χ1v) is 9.97. The van der Waals surface area contributed by atoms with Crippen LogP contribution in [0.25, 0.3) is 0 Å². The minimum absolute atomic E-state index is 0.140. The molecule has 1 aromatic carbocycles. The van der Waals surface area contributed by atoms with Crippen LogP contribution in [0.4, 0.5) is 5.00 Å². The number of benzene rings is 1. The average Bonchev–Trinajstić information content (AvgIpc) is 3.01. The molecule has 2 aromatic rings. The predicted octanol–water partition coefficient (Wildman–Crippen LogP) is 4.20. The molecule has 1 aliphatic rings. The number of hydrogen-bond acceptors (Lipinski definition) is 6. The van der Waals surface area contributed by atoms with Crippen molar-refractivity contribution in [2.75, 3.05) is 19.0 Å². The standard InChI is InChI=1S/C20H19ClN2O4S/c1-11-3-5-13-15(9-22)19(28-17(13)7-11)23-18(24)10-27-20(25)14-8-12(21)4-6-16(14)26-2/h4,6,8,11H,3,5,7,10H2,1-2H3,(H,23,24)/t11-/m1/s1. The molecule has 0 fully saturated rings. The second-order valence-corrected chi connectivity index (χ2v) is 8.18. The number of hydrogen-bond donors (Lipinski definition) is 1. The van der Waals surface area contributed by atoms with Gasteiger partial charge in [-0.3, -0.25) is 4.79 Å². The lowest BCUT2D eigenvalue weighted by Gasteiger charge is -2.17. The van der Waals surface area contributed by atoms with Gasteiger partial charge in [0, 0.05) is 9.90 Å². The number of methoxy groups -OCH3 is 1. The summed E-state index contributed by atoms with van der Waals surface area (Å²) in [5.41, 5.74) is 1.69. The number of thiophene rings is 1. The van der Waals surface area contributed by atoms with Crippen LogP contribution < -0.4 is 10.1 Å². The Bertz CT molecular complexity index is 964. The van der Waals surface area contributed by atoms with Gasteiger partial charge in [-0.25, -0.2) is 4.79 Å². The van der Waals surface area contributed by atoms with Gasteiger partial charge in [0.25, 0.3) is 5.91 Å². The zero-order chi connectivity index (χ0) is 20.3. The molecule has 0 saturated carbocycles. The second-order valence-electron chi connectivity index (χ2n) is 6.64. The molecule has 1 amide bonds. The number of nitriles is 1. The van der Waals surface area contributed by atoms with E-state index in [2.05, 4.69) is 18.3 Å². The number of nitrogens with one attached hydrogen (secondary N) is 1. The van der Waals surface area contributed by atoms with Gasteiger partial charge in [0.15, 0.2) is 6.61 Å². The Hall–Kier alpha value is -2.56. The van der Waals surface area contributed by atoms with Crippen molar-refractivity contribution in [1.82, 2.24) is 0 Å². The van der Waals surface area contributed by atoms with Crippen LogP contribution in [-0.4, -0.2) is 25.6 Å². The quantitative estimate of drug-likeness (QED) is 0.735. The Morgan fingerprint density at radius 1 is 1.43 bits per heavy atom. The van der Waals surface area contributed by atoms with Gasteiger partial charge in [0.2, 0.25) is 0 Å². The van der Waals surface area contributed by atoms with Crippen molar-refractivity contribution in [3.8, 4) is 11.8 Å². The summed E-state index contributed by atoms with van der Waals surface area (Å²) in [6.45, 7) is 1.70. The summed E-state index contributed by atoms with van der Waals surface area (Å²) in [6, 6.07) is 6.75. The van der Waals surface area contributed by atoms with Crippen molar-refractivity contribution in [2.45, 2.75) is 26.2 Å². The van der Waals surface area contributed by atoms with E-state index in [1.54, 1.807) is 12.1 Å². The van der Waals surface area contributed by atoms with Crippen LogP contribution in [0.15, 0.2) is 18.2 Å². The highest BCUT2D eigenvalue weighted by molar-refractivity contribution is 7.16. The maximum absolute atomic E-state index is 12.3. The minimum Gasteiger partial charge on any atom is -0.496 e. The largest absolute Gasteiger partial charge is 0.496 e. The van der Waals surface area contributed by atoms with Crippen molar-refractivity contribution in [2.24, 2.45) is 5.92 Å². The van der Waals surface area contributed by atoms with E-state index < -0.39 is 18.5 Å². The summed E-state index contributed by atoms with van der Waals surface area (Å²) in [6.07, 6.45) is 2.79. The molecule has 1 heterocycles. The number of nitrogens with zero attached hydrogens (tertiary/aromatic N) is 1. The molecule has 0 radical (unpaired) electrons. The normalized spacial score (nSPS) is 15.3. The molecule has 1 N–H and O–H groups in total. The van der Waals surface area contributed by atoms with Gasteiger partial charge in [-0.1, -0.05) is 18.5 Å². The first-order chi connectivity index (χ1) is 13.4. The first kappa shape index (κ1) is 20.2. The topological polar surface area (TPSA) is 88.4 Å². The Kier molecular flexibility index (Phi) is 6.22. The fraction of sp³-hybridized carbons (Fsp3) is 0.350. The maximum Gasteiger partial charge on any atom is 0.342 e. The van der Waals surface area contributed by atoms with Crippen molar-refractivity contribution < 1.29 is 19.1 Å². The van der Waals surface area contributed by atoms with Gasteiger partial charge in [-0.2, -0.15) is 5.26 Å². The lowest BCUT2D eigenvalue weighted by atomic mass is 9.89. The van der Waals surface area contributed by atoms with Gasteiger partial charge >= 0.3 is 5.97 Å². The number of halogens is 1. The number of carbonyl (C=O) groups is 2. The molecule has 0 unspecified atom stereocenters. The number of anilines is 1. The number of esters is 1. The SMILES string of the molecule is COc1ccc(Cl)cc1C(=O)OCC(=O)Nc1sc2c(c1C#N)CC[C@@H](C)C2. The third-order valence-electron chi connectivity index (χ3n) is 4.59. The number of amides is 1. The zero-order valence-corrected chi connectivity index (χ0v) is 17.1. The molecule has 8 heteroatoms. The van der Waals surface area contributed by atoms with Crippen LogP contribution in [-0.2, 0) is 22.4 Å². The van der Waals surface area contributed by atoms with E-state index in [4.69, 9.17) is 21.1 Å². The van der Waals surface area contributed by atoms with Crippen LogP contribution in [0.5, 0.6) is 5.75 Å². The van der Waals surface area contributed by atoms with Gasteiger partial charge in [0.05, 0.1) is 12.7 Å². The molecule has 28 heavy (non-hydrogen) atoms. The lowest BCUT2D eigenvalue weighted by Crippen LogP contribution is -2.21. The van der Waals surface area contributed by atoms with Crippen molar-refractivity contribution in [3.63, 3.8) is 0 Å². The van der Waals surface area contributed by atoms with Gasteiger partial charge in [0.1, 0.15) is 22.4 Å². The molecular weight excluding hydrogens is 400 g/mol. The van der Waals surface area contributed by atoms with Crippen molar-refractivity contribution in [3.05, 3.63) is 44.8 Å². The summed E-state index contributed by atoms with van der Waals surface area (Å²) in [5.74, 6) is -0.344. The molecule has 0 spiro atoms. The Morgan fingerprint density at radius 2 is 2.21 bits per heavy atom. The molecule has 146 valence electrons. The van der Waals surface area contributed by atoms with Crippen LogP contribution in [0.3, 0.4) is 0 Å². The predicted molar refractivity (Wildman–Crippen MR) is 107 cm³/mol. The number of carbonyl (C=O) groups excluding carboxylic acids is 2. The fourth-order valence-corrected chi connectivity index (χ4v) is 4.72. The third-order valence-corrected chi connectivity index (χ3v) is 6.00. The summed E-state index contributed by atoms with van der Waals surface area (Å²) in [7, 11) is 1.43. The molecule has 0 saturated heterocycles. The first-order valence-electron chi connectivity index (χ1n) is 8.78. The van der Waals surface area contributed by atoms with Gasteiger partial charge in [-0.15, -0.1) is 11.3 Å². The summed E-state index contributed by atoms with van der Waals surface area (Å²) in [5, 5.41) is 13.1. The Morgan fingerprint density at radius 3 is 2.93 bits per heavy atom. The summed E-state index contributed by atoms with van der Waals surface area (Å²) in [4.78, 5) is 25.7. The minimum atomic E-state index is -0.714. The Labute approximate surface area is 172 Å². The highest BCUT2D eigenvalue weighted by Gasteiger charge is 2.25. The average molecular weight is 419 g/mol. The highest BCUT2D eigenvalue weighted by atomic mass is 35.5. The molecule has 0 aliphatic heterocycles. The summed E-state index contributed by atoms with van der Waals surface area (Å²) < 4.78 is 10.2. The van der Waals surface area contributed by atoms with E-state index in [0.717, 1.165) is 29.7 Å². The smallest absolute Gasteiger partial charge is 0.342 e. The molecular formula is C20H19ClN2O4S. The number of rotatable bonds is 5. The van der Waals surface area contributed by atoms with Crippen molar-refractivity contribution >= 4 is 39.8 Å². The van der Waals surface area contributed by atoms with E-state index >= 15 is 0 Å². The van der Waals surface area contributed by atoms with Crippen LogP contribution in [0.2, 0.25) is 5.02 Å². The van der Waals surface area contributed by atoms with E-state index in [1.165, 1.54) is 24.5 Å². The van der Waals surface area contributed by atoms with Crippen LogP contribution >= 0.6 is 22.9 Å². The lowest BCUT2D eigenvalue weighted by molar-refractivity contribution is -0.119. The molecule has 3 rings (SSSR count). The van der Waals surface area contributed by atoms with E-state index in [0.29, 0.717) is 27.3 Å². The Balaban J connectivity index is 1.66. The second kappa shape index (κ2) is 8.63. The highest BCUT2D eigenvalue weighted by Crippen LogP contribution is 2.39. The zero-order valence-electron chi connectivity index (χ0n) is 15.5. The van der Waals surface area contributed by atoms with Crippen LogP contribution in [0, 0.1) is 17.2 Å². The van der Waals surface area contributed by atoms with Crippen LogP contribution in [0.1, 0.15) is 39.7 Å². The molecule has 0 bridgehead atoms. The molecule has 1 aliphatic carbocycles. The fourth-order valence-electron chi connectivity index (χ4n) is 3.17. The van der Waals surface area contributed by atoms with Gasteiger partial charge < -0.3 is 14.8 Å². The van der Waals surface area contributed by atoms with E-state index in [9.17, 15) is 14.9 Å². The molecule has 1 atom stereocenters. The van der Waals surface area contributed by atoms with E-state index in [1.807, 2.05) is 0 Å². The molecule has 1 aromatic heterocycles. The number of ether oxygens (including phenoxy) is 2.